The molecule has 9 aliphatic rings. The molecule has 2 saturated heterocycles. The third-order valence-electron chi connectivity index (χ3n) is 24.3. The van der Waals surface area contributed by atoms with E-state index in [1.165, 1.54) is 0 Å². The molecule has 0 amide bonds. The highest BCUT2D eigenvalue weighted by atomic mass is 14.8. The molecule has 9 rings (SSSR count). The lowest BCUT2D eigenvalue weighted by atomic mass is 9.12. The minimum absolute atomic E-state index is 0.812. The zero-order valence-electron chi connectivity index (χ0n) is 36.8. The summed E-state index contributed by atoms with van der Waals surface area (Å²) in [5, 5.41) is 0. The fourth-order valence-electron chi connectivity index (χ4n) is 21.4. The van der Waals surface area contributed by atoms with Gasteiger partial charge in [-0.1, -0.05) is 141 Å². The van der Waals surface area contributed by atoms with Gasteiger partial charge in [0.05, 0.1) is 0 Å². The zero-order valence-corrected chi connectivity index (χ0v) is 36.8. The van der Waals surface area contributed by atoms with Gasteiger partial charge >= 0.3 is 0 Å². The molecule has 0 radical (unpaired) electrons. The van der Waals surface area contributed by atoms with Gasteiger partial charge in [-0.25, -0.2) is 0 Å². The fraction of sp³-hybridized carbons (Fsp3) is 1.00. The predicted molar refractivity (Wildman–Crippen MR) is 219 cm³/mol. The molecular formula is C50H85B. The van der Waals surface area contributed by atoms with Crippen molar-refractivity contribution in [3.8, 4) is 0 Å². The molecule has 288 valence electrons. The van der Waals surface area contributed by atoms with Gasteiger partial charge < -0.3 is 0 Å². The Morgan fingerprint density at radius 2 is 0.686 bits per heavy atom. The molecule has 0 bridgehead atoms. The maximum atomic E-state index is 2.88. The minimum Gasteiger partial charge on any atom is -0.0688 e. The average molecular weight is 697 g/mol. The van der Waals surface area contributed by atoms with E-state index in [1.54, 1.807) is 6.42 Å². The number of hydrogen-bond acceptors (Lipinski definition) is 0. The van der Waals surface area contributed by atoms with E-state index in [1.807, 2.05) is 0 Å². The van der Waals surface area contributed by atoms with Crippen LogP contribution in [-0.2, 0) is 0 Å². The van der Waals surface area contributed by atoms with E-state index in [-0.39, 0.29) is 0 Å². The van der Waals surface area contributed by atoms with Crippen molar-refractivity contribution in [2.24, 2.45) is 172 Å². The monoisotopic (exact) mass is 697 g/mol. The summed E-state index contributed by atoms with van der Waals surface area (Å²) in [5.41, 5.74) is 0. The van der Waals surface area contributed by atoms with Crippen molar-refractivity contribution in [1.82, 2.24) is 0 Å². The normalized spacial score (nSPS) is 68.4. The molecule has 0 aromatic carbocycles. The summed E-state index contributed by atoms with van der Waals surface area (Å²) in [7, 11) is 0. The summed E-state index contributed by atoms with van der Waals surface area (Å²) in [4.78, 5) is 0. The van der Waals surface area contributed by atoms with E-state index in [0.29, 0.717) is 0 Å². The molecule has 2 aliphatic heterocycles. The maximum Gasteiger partial charge on any atom is 0.150 e. The van der Waals surface area contributed by atoms with Crippen molar-refractivity contribution < 1.29 is 0 Å². The summed E-state index contributed by atoms with van der Waals surface area (Å²) in [6.07, 6.45) is 1.62. The van der Waals surface area contributed by atoms with Crippen molar-refractivity contribution in [2.75, 3.05) is 0 Å². The van der Waals surface area contributed by atoms with Crippen molar-refractivity contribution in [2.45, 2.75) is 142 Å². The SMILES string of the molecule is CC(C)C1B2C(C(C)C(C)C(C)[C@@H]2C)C2C3C(C(C)C(C)[C@H](C)C3C)C3C4CC5C(C)C(C)C(C)C6C(C)C(C)C(C4C56)C4C(C)C(C)C1C2[C@H]43. The van der Waals surface area contributed by atoms with Crippen molar-refractivity contribution in [1.29, 1.82) is 0 Å². The van der Waals surface area contributed by atoms with Crippen LogP contribution in [0.4, 0.5) is 0 Å². The number of hydrogen-bond donors (Lipinski definition) is 0. The van der Waals surface area contributed by atoms with Crippen LogP contribution in [0, 0.1) is 172 Å². The van der Waals surface area contributed by atoms with Crippen molar-refractivity contribution in [3.63, 3.8) is 0 Å². The Balaban J connectivity index is 1.30. The second kappa shape index (κ2) is 12.0. The highest BCUT2D eigenvalue weighted by Gasteiger charge is 2.77. The quantitative estimate of drug-likeness (QED) is 0.239. The summed E-state index contributed by atoms with van der Waals surface area (Å²) in [6.45, 7) is 48.0. The lowest BCUT2D eigenvalue weighted by Gasteiger charge is -2.77. The zero-order chi connectivity index (χ0) is 36.8. The molecule has 7 aliphatic carbocycles. The first-order valence-corrected chi connectivity index (χ1v) is 24.0. The summed E-state index contributed by atoms with van der Waals surface area (Å²) >= 11 is 0. The van der Waals surface area contributed by atoms with Crippen LogP contribution in [-0.4, -0.2) is 6.71 Å². The Morgan fingerprint density at radius 1 is 0.314 bits per heavy atom. The van der Waals surface area contributed by atoms with Gasteiger partial charge in [-0.2, -0.15) is 0 Å². The van der Waals surface area contributed by atoms with E-state index in [2.05, 4.69) is 118 Å². The molecule has 0 aromatic heterocycles. The molecule has 0 aromatic rings. The lowest BCUT2D eigenvalue weighted by Crippen LogP contribution is -2.73. The van der Waals surface area contributed by atoms with Gasteiger partial charge in [0.25, 0.3) is 0 Å². The molecule has 9 fully saturated rings. The van der Waals surface area contributed by atoms with E-state index in [4.69, 9.17) is 0 Å². The van der Waals surface area contributed by atoms with Crippen molar-refractivity contribution in [3.05, 3.63) is 0 Å². The van der Waals surface area contributed by atoms with Crippen LogP contribution in [0.2, 0.25) is 17.5 Å². The first-order chi connectivity index (χ1) is 24.0. The topological polar surface area (TPSA) is 0 Å². The average Bonchev–Trinajstić information content (AvgIpc) is 3.49. The van der Waals surface area contributed by atoms with E-state index >= 15 is 0 Å². The Kier molecular flexibility index (Phi) is 8.66. The second-order valence-electron chi connectivity index (χ2n) is 24.4. The van der Waals surface area contributed by atoms with Gasteiger partial charge in [0.15, 0.2) is 6.71 Å². The van der Waals surface area contributed by atoms with E-state index in [0.717, 1.165) is 196 Å². The van der Waals surface area contributed by atoms with E-state index < -0.39 is 0 Å². The fourth-order valence-corrected chi connectivity index (χ4v) is 21.4. The standard InChI is InChI=1S/C50H85B/c1-19(2)49-42-32(15)31(14)40-39-30(13)29(12)37-26(9)23(6)25(8)35-18-36(44(39)43(35)37)45-38-27(10)20(3)21(4)28(11)41(38)48(47(42)46(40)45)50-33(16)22(5)24(7)34(17)51(49)50/h19-50H,18H2,1-17H3/t20?,21-,22?,23?,24?,25?,26?,27?,28?,29?,30?,31?,32?,33?,34-,35?,36?,37?,38?,39?,40?,41?,42?,43?,44?,45?,46+,47?,48?,49?,50?/m0/s1. The Labute approximate surface area is 318 Å². The third kappa shape index (κ3) is 4.30. The lowest BCUT2D eigenvalue weighted by molar-refractivity contribution is -0.262. The smallest absolute Gasteiger partial charge is 0.0688 e. The van der Waals surface area contributed by atoms with Gasteiger partial charge in [0.2, 0.25) is 0 Å². The molecule has 2 heterocycles. The van der Waals surface area contributed by atoms with Crippen LogP contribution < -0.4 is 0 Å². The van der Waals surface area contributed by atoms with Crippen LogP contribution in [0.15, 0.2) is 0 Å². The molecule has 28 unspecified atom stereocenters. The largest absolute Gasteiger partial charge is 0.150 e. The van der Waals surface area contributed by atoms with Gasteiger partial charge in [0.1, 0.15) is 0 Å². The van der Waals surface area contributed by atoms with Crippen LogP contribution >= 0.6 is 0 Å². The van der Waals surface area contributed by atoms with Crippen LogP contribution in [0.1, 0.15) is 124 Å². The summed E-state index contributed by atoms with van der Waals surface area (Å²) in [6, 6.07) is 0. The van der Waals surface area contributed by atoms with Gasteiger partial charge in [-0.05, 0) is 172 Å². The maximum absolute atomic E-state index is 2.88. The van der Waals surface area contributed by atoms with Gasteiger partial charge in [-0.15, -0.1) is 0 Å². The Hall–Kier alpha value is 0.0649. The first kappa shape index (κ1) is 36.7. The predicted octanol–water partition coefficient (Wildman–Crippen LogP) is 13.3. The van der Waals surface area contributed by atoms with Gasteiger partial charge in [-0.3, -0.25) is 0 Å². The molecule has 7 saturated carbocycles. The molecule has 0 nitrogen and oxygen atoms in total. The molecule has 31 atom stereocenters. The van der Waals surface area contributed by atoms with Crippen molar-refractivity contribution >= 4 is 6.71 Å². The third-order valence-corrected chi connectivity index (χ3v) is 24.3. The number of rotatable bonds is 1. The molecule has 0 spiro atoms. The first-order valence-electron chi connectivity index (χ1n) is 24.0. The summed E-state index contributed by atoms with van der Waals surface area (Å²) < 4.78 is 0. The number of fused-ring (bicyclic) bond motifs is 7. The van der Waals surface area contributed by atoms with Crippen LogP contribution in [0.25, 0.3) is 0 Å². The van der Waals surface area contributed by atoms with Crippen LogP contribution in [0.5, 0.6) is 0 Å². The van der Waals surface area contributed by atoms with Gasteiger partial charge in [0, 0.05) is 0 Å². The highest BCUT2D eigenvalue weighted by molar-refractivity contribution is 6.64. The second-order valence-corrected chi connectivity index (χ2v) is 24.4. The molecule has 0 N–H and O–H groups in total. The van der Waals surface area contributed by atoms with E-state index in [9.17, 15) is 0 Å². The molecule has 51 heavy (non-hydrogen) atoms. The Bertz CT molecular complexity index is 1330. The molecule has 1 heteroatoms. The minimum atomic E-state index is 0.812. The highest BCUT2D eigenvalue weighted by Crippen LogP contribution is 2.81. The molecular weight excluding hydrogens is 611 g/mol. The summed E-state index contributed by atoms with van der Waals surface area (Å²) in [5.74, 6) is 29.8. The van der Waals surface area contributed by atoms with Crippen LogP contribution in [0.3, 0.4) is 0 Å². The Morgan fingerprint density at radius 3 is 1.25 bits per heavy atom.